The lowest BCUT2D eigenvalue weighted by atomic mass is 9.93. The van der Waals surface area contributed by atoms with E-state index in [1.807, 2.05) is 28.8 Å². The minimum atomic E-state index is 0.558. The van der Waals surface area contributed by atoms with Gasteiger partial charge in [-0.3, -0.25) is 4.90 Å². The summed E-state index contributed by atoms with van der Waals surface area (Å²) in [6.45, 7) is 4.90. The molecule has 0 aromatic carbocycles. The van der Waals surface area contributed by atoms with Crippen LogP contribution in [0.15, 0.2) is 30.6 Å². The van der Waals surface area contributed by atoms with Gasteiger partial charge in [-0.25, -0.2) is 0 Å². The first-order valence-corrected chi connectivity index (χ1v) is 7.65. The second-order valence-corrected chi connectivity index (χ2v) is 6.09. The highest BCUT2D eigenvalue weighted by atomic mass is 15.2. The smallest absolute Gasteiger partial charge is 0.102 e. The van der Waals surface area contributed by atoms with E-state index >= 15 is 0 Å². The third-order valence-electron chi connectivity index (χ3n) is 4.69. The molecule has 3 heterocycles. The molecule has 0 aliphatic carbocycles. The first kappa shape index (κ1) is 14.1. The molecular weight excluding hydrogens is 260 g/mol. The number of rotatable bonds is 3. The van der Waals surface area contributed by atoms with Gasteiger partial charge in [0.25, 0.3) is 0 Å². The van der Waals surface area contributed by atoms with Crippen molar-refractivity contribution in [3.05, 3.63) is 41.7 Å². The average molecular weight is 282 g/mol. The third-order valence-corrected chi connectivity index (χ3v) is 4.69. The maximum absolute atomic E-state index is 9.50. The molecule has 0 amide bonds. The molecule has 2 aromatic heterocycles. The van der Waals surface area contributed by atoms with Crippen molar-refractivity contribution in [2.75, 3.05) is 13.1 Å². The van der Waals surface area contributed by atoms with Crippen LogP contribution in [0, 0.1) is 17.2 Å². The molecule has 4 heteroatoms. The summed E-state index contributed by atoms with van der Waals surface area (Å²) < 4.78 is 2.04. The number of pyridine rings is 1. The molecular formula is C17H22N4. The van der Waals surface area contributed by atoms with Gasteiger partial charge < -0.3 is 10.1 Å². The van der Waals surface area contributed by atoms with Crippen LogP contribution in [0.3, 0.4) is 0 Å². The van der Waals surface area contributed by atoms with E-state index in [1.54, 1.807) is 0 Å². The van der Waals surface area contributed by atoms with Gasteiger partial charge in [-0.1, -0.05) is 6.07 Å². The zero-order chi connectivity index (χ0) is 14.8. The molecule has 0 spiro atoms. The summed E-state index contributed by atoms with van der Waals surface area (Å²) in [5.41, 5.74) is 8.76. The van der Waals surface area contributed by atoms with E-state index in [1.165, 1.54) is 12.8 Å². The molecule has 2 aromatic rings. The van der Waals surface area contributed by atoms with E-state index < -0.39 is 0 Å². The van der Waals surface area contributed by atoms with Crippen molar-refractivity contribution in [2.24, 2.45) is 11.7 Å². The van der Waals surface area contributed by atoms with Crippen LogP contribution in [0.1, 0.15) is 30.9 Å². The second-order valence-electron chi connectivity index (χ2n) is 6.09. The molecule has 0 radical (unpaired) electrons. The lowest BCUT2D eigenvalue weighted by Crippen LogP contribution is -2.43. The van der Waals surface area contributed by atoms with Crippen LogP contribution in [0.2, 0.25) is 0 Å². The van der Waals surface area contributed by atoms with Gasteiger partial charge in [0, 0.05) is 37.1 Å². The number of aromatic nitrogens is 1. The predicted octanol–water partition coefficient (Wildman–Crippen LogP) is 2.37. The van der Waals surface area contributed by atoms with Crippen molar-refractivity contribution in [3.63, 3.8) is 0 Å². The fourth-order valence-electron chi connectivity index (χ4n) is 3.32. The molecule has 2 atom stereocenters. The number of nitriles is 1. The predicted molar refractivity (Wildman–Crippen MR) is 83.8 cm³/mol. The standard InChI is InChI=1S/C17H22N4/c1-13-5-6-14(8-18)10-21(13)12-15-11-20-7-3-2-4-17(20)16(15)9-19/h2-4,7,11,13-14H,5-6,8,10,12,18H2,1H3. The molecule has 1 saturated heterocycles. The molecule has 4 nitrogen and oxygen atoms in total. The van der Waals surface area contributed by atoms with E-state index in [-0.39, 0.29) is 0 Å². The van der Waals surface area contributed by atoms with Crippen molar-refractivity contribution in [1.29, 1.82) is 5.26 Å². The van der Waals surface area contributed by atoms with E-state index in [2.05, 4.69) is 24.1 Å². The fourth-order valence-corrected chi connectivity index (χ4v) is 3.32. The Balaban J connectivity index is 1.89. The normalized spacial score (nSPS) is 23.3. The van der Waals surface area contributed by atoms with Crippen molar-refractivity contribution in [2.45, 2.75) is 32.4 Å². The van der Waals surface area contributed by atoms with Crippen molar-refractivity contribution in [3.8, 4) is 6.07 Å². The highest BCUT2D eigenvalue weighted by molar-refractivity contribution is 5.65. The maximum Gasteiger partial charge on any atom is 0.102 e. The molecule has 2 unspecified atom stereocenters. The number of piperidine rings is 1. The summed E-state index contributed by atoms with van der Waals surface area (Å²) in [4.78, 5) is 2.47. The Morgan fingerprint density at radius 2 is 2.24 bits per heavy atom. The molecule has 21 heavy (non-hydrogen) atoms. The average Bonchev–Trinajstić information content (AvgIpc) is 2.86. The lowest BCUT2D eigenvalue weighted by Gasteiger charge is -2.37. The van der Waals surface area contributed by atoms with Crippen LogP contribution in [0.4, 0.5) is 0 Å². The highest BCUT2D eigenvalue weighted by Crippen LogP contribution is 2.26. The fraction of sp³-hybridized carbons (Fsp3) is 0.471. The second kappa shape index (κ2) is 5.88. The van der Waals surface area contributed by atoms with Crippen molar-refractivity contribution >= 4 is 5.52 Å². The van der Waals surface area contributed by atoms with E-state index in [9.17, 15) is 5.26 Å². The highest BCUT2D eigenvalue weighted by Gasteiger charge is 2.25. The van der Waals surface area contributed by atoms with Crippen LogP contribution < -0.4 is 5.73 Å². The number of hydrogen-bond donors (Lipinski definition) is 1. The summed E-state index contributed by atoms with van der Waals surface area (Å²) >= 11 is 0. The molecule has 1 fully saturated rings. The molecule has 1 aliphatic heterocycles. The lowest BCUT2D eigenvalue weighted by molar-refractivity contribution is 0.113. The van der Waals surface area contributed by atoms with Gasteiger partial charge in [0.15, 0.2) is 0 Å². The number of likely N-dealkylation sites (tertiary alicyclic amines) is 1. The Hall–Kier alpha value is -1.83. The van der Waals surface area contributed by atoms with Gasteiger partial charge in [-0.15, -0.1) is 0 Å². The van der Waals surface area contributed by atoms with Gasteiger partial charge in [-0.2, -0.15) is 5.26 Å². The van der Waals surface area contributed by atoms with E-state index in [0.717, 1.165) is 36.3 Å². The zero-order valence-electron chi connectivity index (χ0n) is 12.5. The number of hydrogen-bond acceptors (Lipinski definition) is 3. The Labute approximate surface area is 125 Å². The monoisotopic (exact) mass is 282 g/mol. The minimum absolute atomic E-state index is 0.558. The summed E-state index contributed by atoms with van der Waals surface area (Å²) in [6, 6.07) is 8.91. The van der Waals surface area contributed by atoms with Gasteiger partial charge in [-0.05, 0) is 44.4 Å². The Kier molecular flexibility index (Phi) is 3.96. The largest absolute Gasteiger partial charge is 0.330 e. The molecule has 0 saturated carbocycles. The number of nitrogens with two attached hydrogens (primary N) is 1. The van der Waals surface area contributed by atoms with Crippen LogP contribution in [0.25, 0.3) is 5.52 Å². The van der Waals surface area contributed by atoms with E-state index in [4.69, 9.17) is 5.73 Å². The van der Waals surface area contributed by atoms with E-state index in [0.29, 0.717) is 12.0 Å². The first-order valence-electron chi connectivity index (χ1n) is 7.65. The Bertz CT molecular complexity index is 667. The van der Waals surface area contributed by atoms with Gasteiger partial charge in [0.2, 0.25) is 0 Å². The minimum Gasteiger partial charge on any atom is -0.330 e. The quantitative estimate of drug-likeness (QED) is 0.940. The Morgan fingerprint density at radius 1 is 1.38 bits per heavy atom. The third kappa shape index (κ3) is 2.67. The maximum atomic E-state index is 9.50. The summed E-state index contributed by atoms with van der Waals surface area (Å²) in [7, 11) is 0. The topological polar surface area (TPSA) is 57.5 Å². The number of nitrogens with zero attached hydrogens (tertiary/aromatic N) is 3. The molecule has 110 valence electrons. The van der Waals surface area contributed by atoms with Gasteiger partial charge in [0.05, 0.1) is 11.1 Å². The molecule has 0 bridgehead atoms. The molecule has 1 aliphatic rings. The molecule has 3 rings (SSSR count). The molecule has 2 N–H and O–H groups in total. The van der Waals surface area contributed by atoms with Crippen LogP contribution >= 0.6 is 0 Å². The van der Waals surface area contributed by atoms with Crippen LogP contribution in [-0.4, -0.2) is 28.4 Å². The summed E-state index contributed by atoms with van der Waals surface area (Å²) in [6.07, 6.45) is 6.50. The summed E-state index contributed by atoms with van der Waals surface area (Å²) in [5, 5.41) is 9.50. The Morgan fingerprint density at radius 3 is 3.00 bits per heavy atom. The first-order chi connectivity index (χ1) is 10.2. The van der Waals surface area contributed by atoms with Gasteiger partial charge >= 0.3 is 0 Å². The SMILES string of the molecule is CC1CCC(CN)CN1Cc1cn2ccccc2c1C#N. The van der Waals surface area contributed by atoms with Crippen LogP contribution in [0.5, 0.6) is 0 Å². The van der Waals surface area contributed by atoms with Crippen LogP contribution in [-0.2, 0) is 6.54 Å². The zero-order valence-corrected chi connectivity index (χ0v) is 12.5. The van der Waals surface area contributed by atoms with Gasteiger partial charge in [0.1, 0.15) is 6.07 Å². The number of fused-ring (bicyclic) bond motifs is 1. The van der Waals surface area contributed by atoms with Crippen molar-refractivity contribution < 1.29 is 0 Å². The summed E-state index contributed by atoms with van der Waals surface area (Å²) in [5.74, 6) is 0.587. The van der Waals surface area contributed by atoms with Crippen molar-refractivity contribution in [1.82, 2.24) is 9.30 Å².